The quantitative estimate of drug-likeness (QED) is 0.102. The molecule has 5 heteroatoms. The highest BCUT2D eigenvalue weighted by Crippen LogP contribution is 2.43. The van der Waals surface area contributed by atoms with Gasteiger partial charge in [0.1, 0.15) is 11.1 Å². The van der Waals surface area contributed by atoms with Crippen LogP contribution < -0.4 is 4.74 Å². The Morgan fingerprint density at radius 3 is 2.31 bits per heavy atom. The lowest BCUT2D eigenvalue weighted by atomic mass is 10.1. The van der Waals surface area contributed by atoms with E-state index in [0.29, 0.717) is 0 Å². The van der Waals surface area contributed by atoms with Gasteiger partial charge in [0, 0.05) is 42.7 Å². The van der Waals surface area contributed by atoms with E-state index in [1.807, 2.05) is 38.1 Å². The first-order valence-electron chi connectivity index (χ1n) is 11.4. The molecule has 4 aromatic rings. The van der Waals surface area contributed by atoms with Crippen molar-refractivity contribution in [1.29, 1.82) is 0 Å². The lowest BCUT2D eigenvalue weighted by molar-refractivity contribution is -0.154. The summed E-state index contributed by atoms with van der Waals surface area (Å²) >= 11 is 2.25. The maximum atomic E-state index is 12.5. The third-order valence-electron chi connectivity index (χ3n) is 5.59. The number of rotatable bonds is 5. The molecule has 0 amide bonds. The molecule has 0 saturated carbocycles. The molecule has 4 rings (SSSR count). The van der Waals surface area contributed by atoms with E-state index < -0.39 is 11.6 Å². The molecule has 0 saturated heterocycles. The van der Waals surface area contributed by atoms with Crippen LogP contribution in [0.4, 0.5) is 0 Å². The summed E-state index contributed by atoms with van der Waals surface area (Å²) in [6.45, 7) is 9.62. The van der Waals surface area contributed by atoms with Gasteiger partial charge in [0.15, 0.2) is 21.8 Å². The first-order chi connectivity index (χ1) is 16.6. The average Bonchev–Trinajstić information content (AvgIpc) is 3.14. The Hall–Kier alpha value is -2.82. The summed E-state index contributed by atoms with van der Waals surface area (Å²) in [7, 11) is -0.0952. The lowest BCUT2D eigenvalue weighted by Gasteiger charge is -2.19. The molecule has 0 aliphatic heterocycles. The molecule has 3 nitrogen and oxygen atoms in total. The van der Waals surface area contributed by atoms with E-state index in [1.165, 1.54) is 20.5 Å². The van der Waals surface area contributed by atoms with Gasteiger partial charge in [-0.15, -0.1) is 0 Å². The fraction of sp³-hybridized carbons (Fsp3) is 0.233. The maximum Gasteiger partial charge on any atom is 0.345 e. The monoisotopic (exact) mass is 595 g/mol. The van der Waals surface area contributed by atoms with Gasteiger partial charge in [-0.2, -0.15) is 0 Å². The van der Waals surface area contributed by atoms with Crippen molar-refractivity contribution in [3.63, 3.8) is 0 Å². The second-order valence-corrected chi connectivity index (χ2v) is 12.1. The smallest absolute Gasteiger partial charge is 0.345 e. The predicted octanol–water partition coefficient (Wildman–Crippen LogP) is 7.86. The Morgan fingerprint density at radius 2 is 1.63 bits per heavy atom. The van der Waals surface area contributed by atoms with Gasteiger partial charge in [0.05, 0.1) is 0 Å². The number of carbonyl (C=O) groups excluding carboxylic acids is 1. The van der Waals surface area contributed by atoms with E-state index in [4.69, 9.17) is 9.47 Å². The van der Waals surface area contributed by atoms with Crippen molar-refractivity contribution in [3.05, 3.63) is 91.9 Å². The Morgan fingerprint density at radius 1 is 0.971 bits per heavy atom. The SMILES string of the molecule is Cc1cc(-[s+]2cc(C)c3ccccc32)cc(C)c1OCC(=O)OC(C)(C)C#Cc1ccc(I)cc1. The van der Waals surface area contributed by atoms with Gasteiger partial charge in [0.25, 0.3) is 0 Å². The number of aryl methyl sites for hydroxylation is 3. The van der Waals surface area contributed by atoms with Crippen LogP contribution >= 0.6 is 33.1 Å². The highest BCUT2D eigenvalue weighted by atomic mass is 127. The molecule has 178 valence electrons. The zero-order chi connectivity index (χ0) is 25.2. The van der Waals surface area contributed by atoms with E-state index in [-0.39, 0.29) is 17.1 Å². The molecule has 0 spiro atoms. The van der Waals surface area contributed by atoms with Gasteiger partial charge >= 0.3 is 5.97 Å². The number of carbonyl (C=O) groups is 1. The first kappa shape index (κ1) is 25.3. The normalized spacial score (nSPS) is 11.7. The van der Waals surface area contributed by atoms with E-state index in [9.17, 15) is 4.79 Å². The molecule has 1 heterocycles. The molecule has 1 aromatic heterocycles. The van der Waals surface area contributed by atoms with Crippen LogP contribution in [0.15, 0.2) is 66.0 Å². The van der Waals surface area contributed by atoms with Gasteiger partial charge < -0.3 is 9.47 Å². The predicted molar refractivity (Wildman–Crippen MR) is 154 cm³/mol. The average molecular weight is 596 g/mol. The van der Waals surface area contributed by atoms with E-state index in [0.717, 1.165) is 26.0 Å². The Bertz CT molecular complexity index is 1430. The number of thiophene rings is 1. The highest BCUT2D eigenvalue weighted by Gasteiger charge is 2.23. The van der Waals surface area contributed by atoms with Crippen molar-refractivity contribution < 1.29 is 14.3 Å². The van der Waals surface area contributed by atoms with Crippen LogP contribution in [0.1, 0.15) is 36.1 Å². The number of benzene rings is 3. The molecule has 0 aliphatic carbocycles. The summed E-state index contributed by atoms with van der Waals surface area (Å²) in [4.78, 5) is 13.8. The van der Waals surface area contributed by atoms with Crippen LogP contribution in [0.25, 0.3) is 15.0 Å². The van der Waals surface area contributed by atoms with E-state index in [2.05, 4.69) is 83.1 Å². The molecule has 1 unspecified atom stereocenters. The summed E-state index contributed by atoms with van der Waals surface area (Å²) in [6, 6.07) is 20.8. The van der Waals surface area contributed by atoms with Crippen LogP contribution in [0, 0.1) is 36.2 Å². The fourth-order valence-corrected chi connectivity index (χ4v) is 6.63. The summed E-state index contributed by atoms with van der Waals surface area (Å²) in [5.41, 5.74) is 3.29. The van der Waals surface area contributed by atoms with E-state index >= 15 is 0 Å². The highest BCUT2D eigenvalue weighted by molar-refractivity contribution is 14.1. The molecule has 0 N–H and O–H groups in total. The molecule has 35 heavy (non-hydrogen) atoms. The topological polar surface area (TPSA) is 35.5 Å². The zero-order valence-electron chi connectivity index (χ0n) is 20.6. The van der Waals surface area contributed by atoms with Gasteiger partial charge in [-0.1, -0.05) is 24.0 Å². The third kappa shape index (κ3) is 6.06. The van der Waals surface area contributed by atoms with E-state index in [1.54, 1.807) is 13.8 Å². The summed E-state index contributed by atoms with van der Waals surface area (Å²) in [5.74, 6) is 6.40. The largest absolute Gasteiger partial charge is 0.481 e. The second kappa shape index (κ2) is 10.4. The summed E-state index contributed by atoms with van der Waals surface area (Å²) in [6.07, 6.45) is 0. The van der Waals surface area contributed by atoms with Crippen LogP contribution in [0.2, 0.25) is 0 Å². The Labute approximate surface area is 223 Å². The van der Waals surface area contributed by atoms with Gasteiger partial charge in [-0.3, -0.25) is 0 Å². The summed E-state index contributed by atoms with van der Waals surface area (Å²) < 4.78 is 14.0. The maximum absolute atomic E-state index is 12.5. The Balaban J connectivity index is 1.45. The Kier molecular flexibility index (Phi) is 7.53. The molecule has 0 fully saturated rings. The number of halogens is 1. The van der Waals surface area contributed by atoms with Crippen LogP contribution in [0.5, 0.6) is 5.75 Å². The first-order valence-corrected chi connectivity index (χ1v) is 13.8. The number of hydrogen-bond acceptors (Lipinski definition) is 3. The van der Waals surface area contributed by atoms with Crippen LogP contribution in [-0.4, -0.2) is 18.2 Å². The fourth-order valence-electron chi connectivity index (χ4n) is 3.97. The minimum atomic E-state index is -0.918. The van der Waals surface area contributed by atoms with Gasteiger partial charge in [-0.05, 0) is 105 Å². The second-order valence-electron chi connectivity index (χ2n) is 9.05. The van der Waals surface area contributed by atoms with Crippen molar-refractivity contribution in [1.82, 2.24) is 0 Å². The number of esters is 1. The zero-order valence-corrected chi connectivity index (χ0v) is 23.5. The van der Waals surface area contributed by atoms with Crippen molar-refractivity contribution in [2.24, 2.45) is 0 Å². The molecule has 0 aliphatic rings. The minimum absolute atomic E-state index is 0.0952. The van der Waals surface area contributed by atoms with Crippen molar-refractivity contribution in [2.75, 3.05) is 6.61 Å². The summed E-state index contributed by atoms with van der Waals surface area (Å²) in [5, 5.41) is 3.66. The van der Waals surface area contributed by atoms with Crippen molar-refractivity contribution >= 4 is 49.1 Å². The molecule has 0 radical (unpaired) electrons. The molecular formula is C30H28IO3S+. The molecular weight excluding hydrogens is 567 g/mol. The van der Waals surface area contributed by atoms with Crippen LogP contribution in [0.3, 0.4) is 0 Å². The van der Waals surface area contributed by atoms with Gasteiger partial charge in [-0.25, -0.2) is 4.79 Å². The third-order valence-corrected chi connectivity index (χ3v) is 8.47. The van der Waals surface area contributed by atoms with Gasteiger partial charge in [0.2, 0.25) is 0 Å². The lowest BCUT2D eigenvalue weighted by Crippen LogP contribution is -2.29. The molecule has 0 bridgehead atoms. The van der Waals surface area contributed by atoms with Crippen LogP contribution in [-0.2, 0) is 9.53 Å². The minimum Gasteiger partial charge on any atom is -0.481 e. The molecule has 3 aromatic carbocycles. The number of fused-ring (bicyclic) bond motifs is 1. The standard InChI is InChI=1S/C30H28IO3S/c1-20-16-25(35-19-22(3)26-8-6-7-9-27(26)35)17-21(2)29(20)33-18-28(32)34-30(4,5)15-14-23-10-12-24(31)13-11-23/h6-13,16-17,19H,18H2,1-5H3/q+1. The van der Waals surface area contributed by atoms with Crippen molar-refractivity contribution in [2.45, 2.75) is 40.2 Å². The number of hydrogen-bond donors (Lipinski definition) is 0. The van der Waals surface area contributed by atoms with Crippen molar-refractivity contribution in [3.8, 4) is 22.5 Å². The number of ether oxygens (including phenoxy) is 2. The molecule has 1 atom stereocenters.